The summed E-state index contributed by atoms with van der Waals surface area (Å²) in [5.74, 6) is 1.30. The normalized spacial score (nSPS) is 10.7. The van der Waals surface area contributed by atoms with Crippen molar-refractivity contribution in [2.24, 2.45) is 0 Å². The van der Waals surface area contributed by atoms with Gasteiger partial charge in [0.25, 0.3) is 5.91 Å². The van der Waals surface area contributed by atoms with Crippen molar-refractivity contribution in [3.05, 3.63) is 87.2 Å². The predicted octanol–water partition coefficient (Wildman–Crippen LogP) is 5.89. The van der Waals surface area contributed by atoms with Crippen LogP contribution in [0.5, 0.6) is 0 Å². The molecule has 0 unspecified atom stereocenters. The van der Waals surface area contributed by atoms with E-state index in [4.69, 9.17) is 27.9 Å². The first-order valence-electron chi connectivity index (χ1n) is 9.77. The van der Waals surface area contributed by atoms with E-state index in [2.05, 4.69) is 22.3 Å². The lowest BCUT2D eigenvalue weighted by molar-refractivity contribution is -0.137. The highest BCUT2D eigenvalue weighted by molar-refractivity contribution is 6.31. The smallest absolute Gasteiger partial charge is 0.417 e. The van der Waals surface area contributed by atoms with Crippen LogP contribution < -0.4 is 10.2 Å². The molecule has 2 aromatic carbocycles. The summed E-state index contributed by atoms with van der Waals surface area (Å²) in [7, 11) is 2.67. The van der Waals surface area contributed by atoms with Gasteiger partial charge in [-0.15, -0.1) is 0 Å². The number of rotatable bonds is 4. The van der Waals surface area contributed by atoms with E-state index in [0.717, 1.165) is 12.1 Å². The standard InChI is InChI=1S/C24H16Cl2F3N3O3/c1-32(20-6-4-3-5-16(20)23(34)35-2)22(33)21-19(12-15(25)13-31-21)30-10-9-14-7-8-18(26)17(11-14)24(27,28)29/h3-8,11-13,30H,1-2H3. The van der Waals surface area contributed by atoms with Gasteiger partial charge in [0.2, 0.25) is 0 Å². The van der Waals surface area contributed by atoms with Gasteiger partial charge in [-0.2, -0.15) is 13.2 Å². The fourth-order valence-corrected chi connectivity index (χ4v) is 3.40. The average Bonchev–Trinajstić information content (AvgIpc) is 2.83. The van der Waals surface area contributed by atoms with E-state index in [0.29, 0.717) is 0 Å². The third-order valence-corrected chi connectivity index (χ3v) is 5.24. The average molecular weight is 522 g/mol. The Morgan fingerprint density at radius 3 is 2.51 bits per heavy atom. The third kappa shape index (κ3) is 6.04. The van der Waals surface area contributed by atoms with Crippen LogP contribution >= 0.6 is 23.2 Å². The number of hydrogen-bond acceptors (Lipinski definition) is 5. The number of carbonyl (C=O) groups is 2. The number of carbonyl (C=O) groups excluding carboxylic acids is 2. The maximum atomic E-state index is 13.2. The molecule has 1 amide bonds. The van der Waals surface area contributed by atoms with Crippen LogP contribution in [0.4, 0.5) is 24.5 Å². The third-order valence-electron chi connectivity index (χ3n) is 4.71. The van der Waals surface area contributed by atoms with Crippen molar-refractivity contribution >= 4 is 46.5 Å². The number of hydrogen-bond donors (Lipinski definition) is 1. The lowest BCUT2D eigenvalue weighted by atomic mass is 10.1. The molecule has 1 N–H and O–H groups in total. The summed E-state index contributed by atoms with van der Waals surface area (Å²) in [6.07, 6.45) is -3.38. The van der Waals surface area contributed by atoms with Crippen molar-refractivity contribution < 1.29 is 27.5 Å². The van der Waals surface area contributed by atoms with Crippen molar-refractivity contribution in [3.8, 4) is 12.0 Å². The Morgan fingerprint density at radius 1 is 1.11 bits per heavy atom. The van der Waals surface area contributed by atoms with Crippen LogP contribution in [0.1, 0.15) is 32.0 Å². The largest absolute Gasteiger partial charge is 0.465 e. The number of para-hydroxylation sites is 1. The highest BCUT2D eigenvalue weighted by atomic mass is 35.5. The number of ether oxygens (including phenoxy) is 1. The summed E-state index contributed by atoms with van der Waals surface area (Å²) in [5.41, 5.74) is -0.505. The van der Waals surface area contributed by atoms with Gasteiger partial charge in [-0.1, -0.05) is 35.3 Å². The van der Waals surface area contributed by atoms with Crippen molar-refractivity contribution in [2.75, 3.05) is 24.4 Å². The summed E-state index contributed by atoms with van der Waals surface area (Å²) >= 11 is 11.6. The number of pyridine rings is 1. The molecule has 11 heteroatoms. The molecule has 3 rings (SSSR count). The summed E-state index contributed by atoms with van der Waals surface area (Å²) in [4.78, 5) is 30.6. The lowest BCUT2D eigenvalue weighted by Gasteiger charge is -2.20. The van der Waals surface area contributed by atoms with Crippen LogP contribution in [0.15, 0.2) is 54.7 Å². The fraction of sp³-hybridized carbons (Fsp3) is 0.125. The molecule has 35 heavy (non-hydrogen) atoms. The monoisotopic (exact) mass is 521 g/mol. The van der Waals surface area contributed by atoms with Crippen LogP contribution in [0.25, 0.3) is 0 Å². The van der Waals surface area contributed by atoms with Crippen LogP contribution in [0.2, 0.25) is 10.0 Å². The zero-order valence-electron chi connectivity index (χ0n) is 18.2. The van der Waals surface area contributed by atoms with Crippen LogP contribution in [0, 0.1) is 12.0 Å². The molecule has 0 aliphatic rings. The Labute approximate surface area is 208 Å². The number of esters is 1. The number of aromatic nitrogens is 1. The molecule has 1 heterocycles. The van der Waals surface area contributed by atoms with Gasteiger partial charge in [-0.05, 0) is 42.3 Å². The van der Waals surface area contributed by atoms with Gasteiger partial charge < -0.3 is 15.0 Å². The Balaban J connectivity index is 1.92. The van der Waals surface area contributed by atoms with Gasteiger partial charge in [0.15, 0.2) is 5.69 Å². The van der Waals surface area contributed by atoms with E-state index < -0.39 is 28.6 Å². The Bertz CT molecular complexity index is 1350. The summed E-state index contributed by atoms with van der Waals surface area (Å²) in [6, 6.07) is 13.5. The van der Waals surface area contributed by atoms with Gasteiger partial charge in [0.05, 0.1) is 39.7 Å². The molecule has 1 aromatic heterocycles. The summed E-state index contributed by atoms with van der Waals surface area (Å²) in [5, 5.41) is 2.39. The molecule has 0 spiro atoms. The second kappa shape index (κ2) is 10.7. The Kier molecular flexibility index (Phi) is 7.89. The van der Waals surface area contributed by atoms with E-state index in [9.17, 15) is 22.8 Å². The minimum atomic E-state index is -4.64. The molecule has 0 aliphatic carbocycles. The fourth-order valence-electron chi connectivity index (χ4n) is 3.01. The van der Waals surface area contributed by atoms with Crippen molar-refractivity contribution in [1.29, 1.82) is 0 Å². The van der Waals surface area contributed by atoms with Crippen LogP contribution in [-0.2, 0) is 10.9 Å². The van der Waals surface area contributed by atoms with E-state index >= 15 is 0 Å². The number of benzene rings is 2. The number of nitrogens with zero attached hydrogens (tertiary/aromatic N) is 2. The van der Waals surface area contributed by atoms with Crippen LogP contribution in [0.3, 0.4) is 0 Å². The molecule has 0 fully saturated rings. The van der Waals surface area contributed by atoms with E-state index in [-0.39, 0.29) is 33.2 Å². The molecule has 3 aromatic rings. The molecule has 0 saturated heterocycles. The molecule has 0 saturated carbocycles. The predicted molar refractivity (Wildman–Crippen MR) is 127 cm³/mol. The van der Waals surface area contributed by atoms with Gasteiger partial charge in [0, 0.05) is 24.9 Å². The second-order valence-electron chi connectivity index (χ2n) is 6.99. The number of anilines is 2. The molecular weight excluding hydrogens is 506 g/mol. The zero-order chi connectivity index (χ0) is 25.8. The SMILES string of the molecule is COC(=O)c1ccccc1N(C)C(=O)c1ncc(Cl)cc1NC#Cc1ccc(Cl)c(C(F)(F)F)c1. The maximum absolute atomic E-state index is 13.2. The second-order valence-corrected chi connectivity index (χ2v) is 7.83. The zero-order valence-corrected chi connectivity index (χ0v) is 19.7. The van der Waals surface area contributed by atoms with E-state index in [1.54, 1.807) is 18.2 Å². The number of methoxy groups -OCH3 is 1. The topological polar surface area (TPSA) is 71.5 Å². The molecule has 0 bridgehead atoms. The van der Waals surface area contributed by atoms with Gasteiger partial charge in [-0.3, -0.25) is 4.79 Å². The van der Waals surface area contributed by atoms with Gasteiger partial charge >= 0.3 is 12.1 Å². The Hall–Kier alpha value is -3.74. The molecule has 0 atom stereocenters. The van der Waals surface area contributed by atoms with Gasteiger partial charge in [0.1, 0.15) is 0 Å². The minimum absolute atomic E-state index is 0.0428. The quantitative estimate of drug-likeness (QED) is 0.263. The minimum Gasteiger partial charge on any atom is -0.465 e. The molecule has 0 aliphatic heterocycles. The summed E-state index contributed by atoms with van der Waals surface area (Å²) in [6.45, 7) is 0. The molecular formula is C24H16Cl2F3N3O3. The number of alkyl halides is 3. The van der Waals surface area contributed by atoms with E-state index in [1.807, 2.05) is 0 Å². The van der Waals surface area contributed by atoms with Crippen molar-refractivity contribution in [2.45, 2.75) is 6.18 Å². The maximum Gasteiger partial charge on any atom is 0.417 e. The number of halogens is 5. The Morgan fingerprint density at radius 2 is 1.83 bits per heavy atom. The summed E-state index contributed by atoms with van der Waals surface area (Å²) < 4.78 is 44.0. The molecule has 0 radical (unpaired) electrons. The van der Waals surface area contributed by atoms with Gasteiger partial charge in [-0.25, -0.2) is 9.78 Å². The number of amides is 1. The highest BCUT2D eigenvalue weighted by Gasteiger charge is 2.33. The first-order valence-corrected chi connectivity index (χ1v) is 10.5. The van der Waals surface area contributed by atoms with E-state index in [1.165, 1.54) is 43.5 Å². The van der Waals surface area contributed by atoms with Crippen molar-refractivity contribution in [1.82, 2.24) is 4.98 Å². The highest BCUT2D eigenvalue weighted by Crippen LogP contribution is 2.35. The first-order chi connectivity index (χ1) is 16.5. The van der Waals surface area contributed by atoms with Crippen molar-refractivity contribution in [3.63, 3.8) is 0 Å². The lowest BCUT2D eigenvalue weighted by Crippen LogP contribution is -2.29. The first kappa shape index (κ1) is 25.9. The molecule has 6 nitrogen and oxygen atoms in total. The van der Waals surface area contributed by atoms with Crippen LogP contribution in [-0.4, -0.2) is 31.0 Å². The number of nitrogens with one attached hydrogen (secondary N) is 1. The molecule has 180 valence electrons.